The highest BCUT2D eigenvalue weighted by Gasteiger charge is 2.31. The number of hydrogen-bond donors (Lipinski definition) is 1. The first-order chi connectivity index (χ1) is 11.1. The van der Waals surface area contributed by atoms with Gasteiger partial charge in [-0.25, -0.2) is 9.97 Å². The van der Waals surface area contributed by atoms with Crippen molar-refractivity contribution in [3.8, 4) is 0 Å². The molecule has 1 aromatic heterocycles. The highest BCUT2D eigenvalue weighted by molar-refractivity contribution is 5.93. The van der Waals surface area contributed by atoms with Gasteiger partial charge in [0.05, 0.1) is 11.3 Å². The van der Waals surface area contributed by atoms with Crippen molar-refractivity contribution >= 4 is 11.8 Å². The summed E-state index contributed by atoms with van der Waals surface area (Å²) in [6, 6.07) is 0. The van der Waals surface area contributed by atoms with E-state index in [1.807, 2.05) is 4.90 Å². The van der Waals surface area contributed by atoms with Gasteiger partial charge in [0, 0.05) is 31.1 Å². The molecule has 1 aliphatic carbocycles. The number of aromatic nitrogens is 2. The number of aryl methyl sites for hydroxylation is 1. The van der Waals surface area contributed by atoms with E-state index in [9.17, 15) is 9.59 Å². The summed E-state index contributed by atoms with van der Waals surface area (Å²) >= 11 is 0. The Morgan fingerprint density at radius 2 is 1.83 bits per heavy atom. The summed E-state index contributed by atoms with van der Waals surface area (Å²) in [6.45, 7) is 3.34. The van der Waals surface area contributed by atoms with Crippen molar-refractivity contribution in [3.63, 3.8) is 0 Å². The van der Waals surface area contributed by atoms with Gasteiger partial charge in [-0.3, -0.25) is 9.59 Å². The summed E-state index contributed by atoms with van der Waals surface area (Å²) in [5.74, 6) is 1.11. The molecule has 6 nitrogen and oxygen atoms in total. The number of nitrogens with two attached hydrogens (primary N) is 1. The van der Waals surface area contributed by atoms with Crippen LogP contribution in [0.5, 0.6) is 0 Å². The number of carbonyl (C=O) groups is 2. The smallest absolute Gasteiger partial charge is 0.252 e. The largest absolute Gasteiger partial charge is 0.365 e. The Balaban J connectivity index is 1.61. The molecule has 2 heterocycles. The lowest BCUT2D eigenvalue weighted by Crippen LogP contribution is -2.41. The van der Waals surface area contributed by atoms with Crippen LogP contribution < -0.4 is 5.73 Å². The van der Waals surface area contributed by atoms with Crippen LogP contribution in [0.3, 0.4) is 0 Å². The lowest BCUT2D eigenvalue weighted by atomic mass is 9.94. The summed E-state index contributed by atoms with van der Waals surface area (Å²) < 4.78 is 0. The second-order valence-corrected chi connectivity index (χ2v) is 6.67. The van der Waals surface area contributed by atoms with Crippen molar-refractivity contribution in [2.75, 3.05) is 13.1 Å². The summed E-state index contributed by atoms with van der Waals surface area (Å²) in [5.41, 5.74) is 6.30. The van der Waals surface area contributed by atoms with Crippen molar-refractivity contribution in [2.45, 2.75) is 51.4 Å². The molecule has 0 atom stereocenters. The number of piperidine rings is 1. The second kappa shape index (κ2) is 6.64. The zero-order chi connectivity index (χ0) is 16.4. The SMILES string of the molecule is Cc1nc(C2CCN(C(=O)C3CCCC3)CC2)ncc1C(N)=O. The number of rotatable bonds is 3. The Morgan fingerprint density at radius 1 is 1.17 bits per heavy atom. The first-order valence-corrected chi connectivity index (χ1v) is 8.48. The molecule has 1 saturated carbocycles. The molecule has 0 spiro atoms. The van der Waals surface area contributed by atoms with E-state index in [2.05, 4.69) is 9.97 Å². The molecule has 6 heteroatoms. The molecule has 2 fully saturated rings. The molecule has 0 aromatic carbocycles. The van der Waals surface area contributed by atoms with Gasteiger partial charge in [-0.15, -0.1) is 0 Å². The van der Waals surface area contributed by atoms with Crippen LogP contribution in [-0.4, -0.2) is 39.8 Å². The van der Waals surface area contributed by atoms with Crippen molar-refractivity contribution < 1.29 is 9.59 Å². The van der Waals surface area contributed by atoms with Crippen LogP contribution in [0.25, 0.3) is 0 Å². The van der Waals surface area contributed by atoms with Crippen molar-refractivity contribution in [2.24, 2.45) is 11.7 Å². The van der Waals surface area contributed by atoms with E-state index in [1.54, 1.807) is 6.92 Å². The van der Waals surface area contributed by atoms with E-state index in [0.29, 0.717) is 17.2 Å². The third kappa shape index (κ3) is 3.35. The van der Waals surface area contributed by atoms with Crippen LogP contribution >= 0.6 is 0 Å². The molecule has 2 N–H and O–H groups in total. The molecule has 1 aliphatic heterocycles. The molecule has 23 heavy (non-hydrogen) atoms. The van der Waals surface area contributed by atoms with Crippen molar-refractivity contribution in [1.82, 2.24) is 14.9 Å². The monoisotopic (exact) mass is 316 g/mol. The average Bonchev–Trinajstić information content (AvgIpc) is 3.08. The summed E-state index contributed by atoms with van der Waals surface area (Å²) in [7, 11) is 0. The Hall–Kier alpha value is -1.98. The van der Waals surface area contributed by atoms with E-state index in [-0.39, 0.29) is 11.8 Å². The van der Waals surface area contributed by atoms with E-state index < -0.39 is 5.91 Å². The molecular formula is C17H24N4O2. The number of hydrogen-bond acceptors (Lipinski definition) is 4. The van der Waals surface area contributed by atoms with E-state index in [1.165, 1.54) is 19.0 Å². The molecule has 0 bridgehead atoms. The molecule has 2 aliphatic rings. The Kier molecular flexibility index (Phi) is 4.59. The molecule has 3 rings (SSSR count). The zero-order valence-corrected chi connectivity index (χ0v) is 13.6. The minimum atomic E-state index is -0.494. The summed E-state index contributed by atoms with van der Waals surface area (Å²) in [5, 5.41) is 0. The molecule has 1 aromatic rings. The van der Waals surface area contributed by atoms with Gasteiger partial charge in [-0.1, -0.05) is 12.8 Å². The van der Waals surface area contributed by atoms with Crippen LogP contribution in [0, 0.1) is 12.8 Å². The van der Waals surface area contributed by atoms with Gasteiger partial charge in [0.25, 0.3) is 5.91 Å². The maximum absolute atomic E-state index is 12.5. The number of likely N-dealkylation sites (tertiary alicyclic amines) is 1. The minimum Gasteiger partial charge on any atom is -0.365 e. The van der Waals surface area contributed by atoms with Gasteiger partial charge >= 0.3 is 0 Å². The fraction of sp³-hybridized carbons (Fsp3) is 0.647. The van der Waals surface area contributed by atoms with Gasteiger partial charge in [-0.05, 0) is 32.6 Å². The maximum Gasteiger partial charge on any atom is 0.252 e. The predicted octanol–water partition coefficient (Wildman–Crippen LogP) is 1.78. The second-order valence-electron chi connectivity index (χ2n) is 6.67. The van der Waals surface area contributed by atoms with Crippen molar-refractivity contribution in [3.05, 3.63) is 23.3 Å². The fourth-order valence-electron chi connectivity index (χ4n) is 3.71. The summed E-state index contributed by atoms with van der Waals surface area (Å²) in [6.07, 6.45) is 7.77. The van der Waals surface area contributed by atoms with Crippen LogP contribution in [0.1, 0.15) is 66.3 Å². The number of carbonyl (C=O) groups excluding carboxylic acids is 2. The van der Waals surface area contributed by atoms with Crippen LogP contribution in [0.4, 0.5) is 0 Å². The normalized spacial score (nSPS) is 20.0. The molecule has 0 unspecified atom stereocenters. The lowest BCUT2D eigenvalue weighted by Gasteiger charge is -2.33. The first-order valence-electron chi connectivity index (χ1n) is 8.48. The molecule has 124 valence electrons. The van der Waals surface area contributed by atoms with Gasteiger partial charge in [0.2, 0.25) is 5.91 Å². The topological polar surface area (TPSA) is 89.2 Å². The number of nitrogens with zero attached hydrogens (tertiary/aromatic N) is 3. The number of amides is 2. The highest BCUT2D eigenvalue weighted by Crippen LogP contribution is 2.30. The van der Waals surface area contributed by atoms with Gasteiger partial charge in [0.1, 0.15) is 5.82 Å². The molecular weight excluding hydrogens is 292 g/mol. The zero-order valence-electron chi connectivity index (χ0n) is 13.6. The van der Waals surface area contributed by atoms with Gasteiger partial charge < -0.3 is 10.6 Å². The predicted molar refractivity (Wildman–Crippen MR) is 85.8 cm³/mol. The first kappa shape index (κ1) is 15.9. The molecule has 1 saturated heterocycles. The van der Waals surface area contributed by atoms with Crippen LogP contribution in [0.2, 0.25) is 0 Å². The number of primary amides is 1. The molecule has 0 radical (unpaired) electrons. The summed E-state index contributed by atoms with van der Waals surface area (Å²) in [4.78, 5) is 34.5. The van der Waals surface area contributed by atoms with Crippen LogP contribution in [-0.2, 0) is 4.79 Å². The Labute approximate surface area is 136 Å². The van der Waals surface area contributed by atoms with E-state index >= 15 is 0 Å². The van der Waals surface area contributed by atoms with Crippen molar-refractivity contribution in [1.29, 1.82) is 0 Å². The van der Waals surface area contributed by atoms with E-state index in [4.69, 9.17) is 5.73 Å². The average molecular weight is 316 g/mol. The van der Waals surface area contributed by atoms with Gasteiger partial charge in [0.15, 0.2) is 0 Å². The van der Waals surface area contributed by atoms with Gasteiger partial charge in [-0.2, -0.15) is 0 Å². The standard InChI is InChI=1S/C17H24N4O2/c1-11-14(15(18)22)10-19-16(20-11)12-6-8-21(9-7-12)17(23)13-4-2-3-5-13/h10,12-13H,2-9H2,1H3,(H2,18,22). The quantitative estimate of drug-likeness (QED) is 0.920. The minimum absolute atomic E-state index is 0.250. The third-order valence-corrected chi connectivity index (χ3v) is 5.14. The maximum atomic E-state index is 12.5. The Morgan fingerprint density at radius 3 is 2.39 bits per heavy atom. The highest BCUT2D eigenvalue weighted by atomic mass is 16.2. The van der Waals surface area contributed by atoms with E-state index in [0.717, 1.165) is 44.6 Å². The fourth-order valence-corrected chi connectivity index (χ4v) is 3.71. The van der Waals surface area contributed by atoms with Crippen LogP contribution in [0.15, 0.2) is 6.20 Å². The molecule has 2 amide bonds. The Bertz CT molecular complexity index is 603. The lowest BCUT2D eigenvalue weighted by molar-refractivity contribution is -0.136. The third-order valence-electron chi connectivity index (χ3n) is 5.14.